The van der Waals surface area contributed by atoms with Gasteiger partial charge in [0.15, 0.2) is 11.5 Å². The van der Waals surface area contributed by atoms with Crippen molar-refractivity contribution in [2.24, 2.45) is 0 Å². The molecule has 41 heavy (non-hydrogen) atoms. The monoisotopic (exact) mass is 588 g/mol. The zero-order chi connectivity index (χ0) is 29.6. The molecule has 5 nitrogen and oxygen atoms in total. The maximum Gasteiger partial charge on any atom is 0.300 e. The lowest BCUT2D eigenvalue weighted by Gasteiger charge is -2.18. The lowest BCUT2D eigenvalue weighted by molar-refractivity contribution is 0.247. The summed E-state index contributed by atoms with van der Waals surface area (Å²) in [6.07, 6.45) is 21.7. The van der Waals surface area contributed by atoms with E-state index in [2.05, 4.69) is 6.92 Å². The standard InChI is InChI=1S/C35H56O5S/c1-4-6-7-8-9-10-11-12-13-14-15-16-17-18-19-23-29-38-34-31(3)26-27-33(41(36,37)40-28-5-2)35(34)39-30-32-24-21-20-22-25-32/h20-22,24-27H,4-19,23,28-30H2,1-3H3. The fourth-order valence-corrected chi connectivity index (χ4v) is 6.09. The second kappa shape index (κ2) is 21.6. The molecule has 0 saturated heterocycles. The fraction of sp³-hybridized carbons (Fsp3) is 0.657. The Morgan fingerprint density at radius 2 is 1.10 bits per heavy atom. The summed E-state index contributed by atoms with van der Waals surface area (Å²) in [6.45, 7) is 6.98. The predicted molar refractivity (Wildman–Crippen MR) is 170 cm³/mol. The molecule has 232 valence electrons. The van der Waals surface area contributed by atoms with Crippen molar-refractivity contribution in [3.63, 3.8) is 0 Å². The van der Waals surface area contributed by atoms with E-state index in [0.717, 1.165) is 24.0 Å². The molecule has 0 N–H and O–H groups in total. The highest BCUT2D eigenvalue weighted by molar-refractivity contribution is 7.86. The summed E-state index contributed by atoms with van der Waals surface area (Å²) in [5, 5.41) is 0. The Morgan fingerprint density at radius 1 is 0.561 bits per heavy atom. The van der Waals surface area contributed by atoms with Crippen molar-refractivity contribution < 1.29 is 22.1 Å². The molecule has 2 aromatic rings. The molecule has 0 amide bonds. The van der Waals surface area contributed by atoms with Crippen LogP contribution >= 0.6 is 0 Å². The number of rotatable bonds is 25. The second-order valence-corrected chi connectivity index (χ2v) is 12.8. The van der Waals surface area contributed by atoms with Gasteiger partial charge in [-0.15, -0.1) is 0 Å². The SMILES string of the molecule is CCCCCCCCCCCCCCCCCCOc1c(C)ccc(S(=O)(=O)OCCC)c1OCc1ccccc1. The molecule has 0 unspecified atom stereocenters. The molecule has 0 heterocycles. The van der Waals surface area contributed by atoms with Crippen LogP contribution in [-0.4, -0.2) is 21.6 Å². The molecule has 0 saturated carbocycles. The highest BCUT2D eigenvalue weighted by atomic mass is 32.2. The molecule has 0 atom stereocenters. The maximum absolute atomic E-state index is 13.0. The summed E-state index contributed by atoms with van der Waals surface area (Å²) in [7, 11) is -3.96. The number of hydrogen-bond acceptors (Lipinski definition) is 5. The van der Waals surface area contributed by atoms with E-state index >= 15 is 0 Å². The molecule has 2 aromatic carbocycles. The summed E-state index contributed by atoms with van der Waals surface area (Å²) in [4.78, 5) is 0.0226. The quantitative estimate of drug-likeness (QED) is 0.0853. The number of ether oxygens (including phenoxy) is 2. The van der Waals surface area contributed by atoms with Crippen LogP contribution in [0.25, 0.3) is 0 Å². The van der Waals surface area contributed by atoms with Crippen LogP contribution in [0.1, 0.15) is 134 Å². The van der Waals surface area contributed by atoms with Crippen molar-refractivity contribution in [2.45, 2.75) is 141 Å². The van der Waals surface area contributed by atoms with Gasteiger partial charge in [-0.3, -0.25) is 4.18 Å². The van der Waals surface area contributed by atoms with E-state index in [0.29, 0.717) is 18.8 Å². The van der Waals surface area contributed by atoms with Crippen LogP contribution in [0, 0.1) is 6.92 Å². The molecule has 0 aliphatic carbocycles. The third-order valence-electron chi connectivity index (χ3n) is 7.46. The molecular formula is C35H56O5S. The van der Waals surface area contributed by atoms with Crippen LogP contribution in [0.3, 0.4) is 0 Å². The fourth-order valence-electron chi connectivity index (χ4n) is 4.97. The van der Waals surface area contributed by atoms with Crippen molar-refractivity contribution in [3.05, 3.63) is 53.6 Å². The minimum absolute atomic E-state index is 0.0226. The van der Waals surface area contributed by atoms with Gasteiger partial charge in [0.2, 0.25) is 0 Å². The molecule has 0 bridgehead atoms. The van der Waals surface area contributed by atoms with Gasteiger partial charge < -0.3 is 9.47 Å². The van der Waals surface area contributed by atoms with E-state index in [4.69, 9.17) is 13.7 Å². The zero-order valence-electron chi connectivity index (χ0n) is 26.1. The predicted octanol–water partition coefficient (Wildman–Crippen LogP) is 10.3. The first-order chi connectivity index (χ1) is 20.0. The Labute approximate surface area is 251 Å². The third kappa shape index (κ3) is 14.6. The summed E-state index contributed by atoms with van der Waals surface area (Å²) in [5.74, 6) is 0.726. The highest BCUT2D eigenvalue weighted by Gasteiger charge is 2.25. The average molecular weight is 589 g/mol. The summed E-state index contributed by atoms with van der Waals surface area (Å²) < 4.78 is 43.4. The van der Waals surface area contributed by atoms with Crippen LogP contribution < -0.4 is 9.47 Å². The number of aryl methyl sites for hydroxylation is 1. The van der Waals surface area contributed by atoms with Gasteiger partial charge in [0.05, 0.1) is 13.2 Å². The Hall–Kier alpha value is -2.05. The Kier molecular flexibility index (Phi) is 18.5. The van der Waals surface area contributed by atoms with Gasteiger partial charge in [-0.2, -0.15) is 8.42 Å². The van der Waals surface area contributed by atoms with E-state index in [-0.39, 0.29) is 23.9 Å². The first kappa shape index (κ1) is 35.1. The number of unbranched alkanes of at least 4 members (excludes halogenated alkanes) is 15. The Balaban J connectivity index is 1.74. The highest BCUT2D eigenvalue weighted by Crippen LogP contribution is 2.39. The van der Waals surface area contributed by atoms with Gasteiger partial charge in [-0.25, -0.2) is 0 Å². The van der Waals surface area contributed by atoms with Crippen molar-refractivity contribution in [2.75, 3.05) is 13.2 Å². The minimum atomic E-state index is -3.96. The van der Waals surface area contributed by atoms with E-state index in [1.54, 1.807) is 12.1 Å². The van der Waals surface area contributed by atoms with Crippen molar-refractivity contribution in [3.8, 4) is 11.5 Å². The van der Waals surface area contributed by atoms with Gasteiger partial charge in [-0.05, 0) is 37.0 Å². The second-order valence-electron chi connectivity index (χ2n) is 11.2. The lowest BCUT2D eigenvalue weighted by Crippen LogP contribution is -2.12. The van der Waals surface area contributed by atoms with Crippen LogP contribution in [0.5, 0.6) is 11.5 Å². The Morgan fingerprint density at radius 3 is 1.63 bits per heavy atom. The topological polar surface area (TPSA) is 61.8 Å². The zero-order valence-corrected chi connectivity index (χ0v) is 26.9. The summed E-state index contributed by atoms with van der Waals surface area (Å²) >= 11 is 0. The van der Waals surface area contributed by atoms with E-state index < -0.39 is 10.1 Å². The van der Waals surface area contributed by atoms with E-state index in [1.807, 2.05) is 44.2 Å². The summed E-state index contributed by atoms with van der Waals surface area (Å²) in [6, 6.07) is 13.0. The largest absolute Gasteiger partial charge is 0.489 e. The number of hydrogen-bond donors (Lipinski definition) is 0. The molecule has 6 heteroatoms. The Bertz CT molecular complexity index is 1040. The van der Waals surface area contributed by atoms with Crippen LogP contribution in [0.15, 0.2) is 47.4 Å². The molecule has 0 aliphatic heterocycles. The molecule has 0 aliphatic rings. The lowest BCUT2D eigenvalue weighted by atomic mass is 10.0. The third-order valence-corrected chi connectivity index (χ3v) is 8.79. The molecule has 0 aromatic heterocycles. The molecule has 0 radical (unpaired) electrons. The van der Waals surface area contributed by atoms with E-state index in [9.17, 15) is 8.42 Å². The minimum Gasteiger partial charge on any atom is -0.489 e. The first-order valence-electron chi connectivity index (χ1n) is 16.3. The molecule has 0 spiro atoms. The van der Waals surface area contributed by atoms with Crippen molar-refractivity contribution in [1.29, 1.82) is 0 Å². The maximum atomic E-state index is 13.0. The van der Waals surface area contributed by atoms with Gasteiger partial charge in [0.25, 0.3) is 0 Å². The molecule has 0 fully saturated rings. The summed E-state index contributed by atoms with van der Waals surface area (Å²) in [5.41, 5.74) is 1.80. The van der Waals surface area contributed by atoms with E-state index in [1.165, 1.54) is 89.9 Å². The van der Waals surface area contributed by atoms with Gasteiger partial charge in [0.1, 0.15) is 11.5 Å². The average Bonchev–Trinajstić information content (AvgIpc) is 2.98. The van der Waals surface area contributed by atoms with Crippen molar-refractivity contribution in [1.82, 2.24) is 0 Å². The van der Waals surface area contributed by atoms with Crippen LogP contribution in [-0.2, 0) is 20.9 Å². The van der Waals surface area contributed by atoms with Gasteiger partial charge >= 0.3 is 10.1 Å². The molecule has 2 rings (SSSR count). The normalized spacial score (nSPS) is 11.6. The van der Waals surface area contributed by atoms with Gasteiger partial charge in [-0.1, -0.05) is 147 Å². The van der Waals surface area contributed by atoms with Crippen LogP contribution in [0.2, 0.25) is 0 Å². The van der Waals surface area contributed by atoms with Crippen LogP contribution in [0.4, 0.5) is 0 Å². The van der Waals surface area contributed by atoms with Gasteiger partial charge in [0, 0.05) is 0 Å². The molecular weight excluding hydrogens is 532 g/mol. The van der Waals surface area contributed by atoms with Crippen molar-refractivity contribution >= 4 is 10.1 Å². The smallest absolute Gasteiger partial charge is 0.300 e. The first-order valence-corrected chi connectivity index (χ1v) is 17.7. The number of benzene rings is 2.